The number of hydrogen-bond acceptors (Lipinski definition) is 3. The zero-order valence-corrected chi connectivity index (χ0v) is 17.2. The standard InChI is InChI=1S/C21H14BrClFN3O2/c22-14-8-9-18(17(24)12-14)27-21(29)16(11-13-5-4-10-25-19(13)23)20(28)26-15-6-2-1-3-7-15/h1-12H,(H,26,28)(H,27,29). The van der Waals surface area contributed by atoms with Crippen LogP contribution in [0.25, 0.3) is 6.08 Å². The molecule has 0 spiro atoms. The van der Waals surface area contributed by atoms with Crippen molar-refractivity contribution in [1.29, 1.82) is 0 Å². The number of rotatable bonds is 5. The third-order valence-corrected chi connectivity index (χ3v) is 4.60. The average Bonchev–Trinajstić information content (AvgIpc) is 2.70. The molecule has 0 bridgehead atoms. The predicted octanol–water partition coefficient (Wildman–Crippen LogP) is 5.30. The maximum Gasteiger partial charge on any atom is 0.261 e. The molecule has 3 rings (SSSR count). The maximum absolute atomic E-state index is 14.1. The fraction of sp³-hybridized carbons (Fsp3) is 0. The Balaban J connectivity index is 1.94. The van der Waals surface area contributed by atoms with Gasteiger partial charge in [0.1, 0.15) is 16.5 Å². The van der Waals surface area contributed by atoms with Crippen molar-refractivity contribution in [3.63, 3.8) is 0 Å². The van der Waals surface area contributed by atoms with Crippen LogP contribution in [0.15, 0.2) is 76.9 Å². The molecule has 146 valence electrons. The van der Waals surface area contributed by atoms with E-state index in [0.29, 0.717) is 15.7 Å². The average molecular weight is 475 g/mol. The van der Waals surface area contributed by atoms with Gasteiger partial charge in [0, 0.05) is 21.9 Å². The molecule has 0 fully saturated rings. The largest absolute Gasteiger partial charge is 0.322 e. The molecule has 0 radical (unpaired) electrons. The lowest BCUT2D eigenvalue weighted by atomic mass is 10.1. The Morgan fingerprint density at radius 3 is 2.41 bits per heavy atom. The van der Waals surface area contributed by atoms with Crippen molar-refractivity contribution in [2.24, 2.45) is 0 Å². The summed E-state index contributed by atoms with van der Waals surface area (Å²) in [6.45, 7) is 0. The minimum absolute atomic E-state index is 0.0612. The van der Waals surface area contributed by atoms with Crippen LogP contribution in [0.2, 0.25) is 5.15 Å². The molecular weight excluding hydrogens is 461 g/mol. The maximum atomic E-state index is 14.1. The van der Waals surface area contributed by atoms with Gasteiger partial charge in [0.15, 0.2) is 0 Å². The van der Waals surface area contributed by atoms with E-state index in [1.165, 1.54) is 24.4 Å². The lowest BCUT2D eigenvalue weighted by Crippen LogP contribution is -2.25. The Kier molecular flexibility index (Phi) is 6.74. The lowest BCUT2D eigenvalue weighted by molar-refractivity contribution is -0.118. The third kappa shape index (κ3) is 5.49. The number of para-hydroxylation sites is 1. The number of aromatic nitrogens is 1. The van der Waals surface area contributed by atoms with Crippen LogP contribution in [0, 0.1) is 5.82 Å². The molecule has 0 saturated heterocycles. The molecule has 2 amide bonds. The fourth-order valence-corrected chi connectivity index (χ4v) is 2.90. The van der Waals surface area contributed by atoms with Gasteiger partial charge in [-0.05, 0) is 42.5 Å². The second-order valence-corrected chi connectivity index (χ2v) is 7.11. The van der Waals surface area contributed by atoms with Gasteiger partial charge in [-0.15, -0.1) is 0 Å². The van der Waals surface area contributed by atoms with Gasteiger partial charge >= 0.3 is 0 Å². The van der Waals surface area contributed by atoms with Gasteiger partial charge in [-0.1, -0.05) is 51.8 Å². The Morgan fingerprint density at radius 2 is 1.72 bits per heavy atom. The summed E-state index contributed by atoms with van der Waals surface area (Å²) in [5, 5.41) is 5.18. The number of anilines is 2. The van der Waals surface area contributed by atoms with Crippen molar-refractivity contribution in [1.82, 2.24) is 4.98 Å². The van der Waals surface area contributed by atoms with E-state index in [-0.39, 0.29) is 16.4 Å². The van der Waals surface area contributed by atoms with Crippen molar-refractivity contribution < 1.29 is 14.0 Å². The number of hydrogen-bond donors (Lipinski definition) is 2. The number of pyridine rings is 1. The third-order valence-electron chi connectivity index (χ3n) is 3.79. The number of carbonyl (C=O) groups is 2. The molecule has 29 heavy (non-hydrogen) atoms. The van der Waals surface area contributed by atoms with E-state index in [0.717, 1.165) is 0 Å². The number of halogens is 3. The first-order valence-electron chi connectivity index (χ1n) is 8.39. The van der Waals surface area contributed by atoms with Crippen molar-refractivity contribution in [2.75, 3.05) is 10.6 Å². The number of nitrogens with one attached hydrogen (secondary N) is 2. The molecule has 3 aromatic rings. The van der Waals surface area contributed by atoms with Gasteiger partial charge in [-0.3, -0.25) is 9.59 Å². The van der Waals surface area contributed by atoms with Gasteiger partial charge in [0.25, 0.3) is 11.8 Å². The van der Waals surface area contributed by atoms with Crippen LogP contribution >= 0.6 is 27.5 Å². The van der Waals surface area contributed by atoms with Crippen LogP contribution in [-0.2, 0) is 9.59 Å². The Morgan fingerprint density at radius 1 is 1.00 bits per heavy atom. The second-order valence-electron chi connectivity index (χ2n) is 5.84. The first-order chi connectivity index (χ1) is 13.9. The van der Waals surface area contributed by atoms with Crippen LogP contribution in [0.1, 0.15) is 5.56 Å². The van der Waals surface area contributed by atoms with E-state index >= 15 is 0 Å². The van der Waals surface area contributed by atoms with Gasteiger partial charge < -0.3 is 10.6 Å². The first kappa shape index (κ1) is 20.7. The first-order valence-corrected chi connectivity index (χ1v) is 9.56. The van der Waals surface area contributed by atoms with Crippen LogP contribution in [0.4, 0.5) is 15.8 Å². The fourth-order valence-electron chi connectivity index (χ4n) is 2.40. The molecule has 0 aliphatic rings. The molecule has 0 atom stereocenters. The quantitative estimate of drug-likeness (QED) is 0.228. The van der Waals surface area contributed by atoms with E-state index in [9.17, 15) is 14.0 Å². The molecule has 1 heterocycles. The molecule has 2 aromatic carbocycles. The summed E-state index contributed by atoms with van der Waals surface area (Å²) in [6.07, 6.45) is 2.79. The second kappa shape index (κ2) is 9.45. The van der Waals surface area contributed by atoms with Gasteiger partial charge in [-0.2, -0.15) is 0 Å². The normalized spacial score (nSPS) is 11.1. The number of amides is 2. The van der Waals surface area contributed by atoms with Crippen molar-refractivity contribution in [3.8, 4) is 0 Å². The monoisotopic (exact) mass is 473 g/mol. The van der Waals surface area contributed by atoms with E-state index in [1.807, 2.05) is 0 Å². The molecule has 1 aromatic heterocycles. The van der Waals surface area contributed by atoms with Crippen molar-refractivity contribution >= 4 is 56.8 Å². The molecule has 2 N–H and O–H groups in total. The summed E-state index contributed by atoms with van der Waals surface area (Å²) in [5.41, 5.74) is 0.557. The number of nitrogens with zero attached hydrogens (tertiary/aromatic N) is 1. The van der Waals surface area contributed by atoms with Crippen LogP contribution < -0.4 is 10.6 Å². The van der Waals surface area contributed by atoms with Crippen molar-refractivity contribution in [3.05, 3.63) is 93.4 Å². The summed E-state index contributed by atoms with van der Waals surface area (Å²) >= 11 is 9.21. The highest BCUT2D eigenvalue weighted by Crippen LogP contribution is 2.22. The zero-order valence-electron chi connectivity index (χ0n) is 14.8. The molecule has 0 saturated carbocycles. The highest BCUT2D eigenvalue weighted by atomic mass is 79.9. The SMILES string of the molecule is O=C(Nc1ccccc1)C(=Cc1cccnc1Cl)C(=O)Nc1ccc(Br)cc1F. The summed E-state index contributed by atoms with van der Waals surface area (Å²) in [7, 11) is 0. The molecule has 8 heteroatoms. The zero-order chi connectivity index (χ0) is 20.8. The Hall–Kier alpha value is -3.03. The van der Waals surface area contributed by atoms with E-state index in [4.69, 9.17) is 11.6 Å². The van der Waals surface area contributed by atoms with E-state index in [2.05, 4.69) is 31.5 Å². The Bertz CT molecular complexity index is 1090. The topological polar surface area (TPSA) is 71.1 Å². The molecule has 0 aliphatic carbocycles. The minimum atomic E-state index is -0.792. The predicted molar refractivity (Wildman–Crippen MR) is 115 cm³/mol. The van der Waals surface area contributed by atoms with Crippen LogP contribution in [-0.4, -0.2) is 16.8 Å². The minimum Gasteiger partial charge on any atom is -0.322 e. The van der Waals surface area contributed by atoms with Crippen LogP contribution in [0.3, 0.4) is 0 Å². The summed E-state index contributed by atoms with van der Waals surface area (Å²) in [4.78, 5) is 29.5. The lowest BCUT2D eigenvalue weighted by Gasteiger charge is -2.11. The molecular formula is C21H14BrClFN3O2. The Labute approximate surface area is 179 Å². The molecule has 5 nitrogen and oxygen atoms in total. The smallest absolute Gasteiger partial charge is 0.261 e. The van der Waals surface area contributed by atoms with E-state index < -0.39 is 17.6 Å². The number of carbonyl (C=O) groups excluding carboxylic acids is 2. The summed E-state index contributed by atoms with van der Waals surface area (Å²) in [5.74, 6) is -2.11. The van der Waals surface area contributed by atoms with Gasteiger partial charge in [-0.25, -0.2) is 9.37 Å². The molecule has 0 aliphatic heterocycles. The van der Waals surface area contributed by atoms with E-state index in [1.54, 1.807) is 48.5 Å². The number of benzene rings is 2. The molecule has 0 unspecified atom stereocenters. The summed E-state index contributed by atoms with van der Waals surface area (Å²) < 4.78 is 14.6. The van der Waals surface area contributed by atoms with Crippen molar-refractivity contribution in [2.45, 2.75) is 0 Å². The highest BCUT2D eigenvalue weighted by Gasteiger charge is 2.21. The summed E-state index contributed by atoms with van der Waals surface area (Å²) in [6, 6.07) is 16.0. The van der Waals surface area contributed by atoms with Crippen LogP contribution in [0.5, 0.6) is 0 Å². The highest BCUT2D eigenvalue weighted by molar-refractivity contribution is 9.10. The van der Waals surface area contributed by atoms with Gasteiger partial charge in [0.05, 0.1) is 5.69 Å². The van der Waals surface area contributed by atoms with Gasteiger partial charge in [0.2, 0.25) is 0 Å².